The van der Waals surface area contributed by atoms with Gasteiger partial charge < -0.3 is 18.9 Å². The number of fused-ring (bicyclic) bond motifs is 2. The average molecular weight is 532 g/mol. The number of anilines is 1. The molecule has 0 radical (unpaired) electrons. The number of nitrogens with zero attached hydrogens (tertiary/aromatic N) is 3. The van der Waals surface area contributed by atoms with Gasteiger partial charge in [0.2, 0.25) is 0 Å². The van der Waals surface area contributed by atoms with Crippen molar-refractivity contribution < 1.29 is 14.3 Å². The lowest BCUT2D eigenvalue weighted by molar-refractivity contribution is 0.0246. The van der Waals surface area contributed by atoms with Crippen molar-refractivity contribution >= 4 is 22.6 Å². The predicted molar refractivity (Wildman–Crippen MR) is 159 cm³/mol. The van der Waals surface area contributed by atoms with Gasteiger partial charge >= 0.3 is 5.97 Å². The number of carbonyl (C=O) groups excluding carboxylic acids is 1. The molecule has 0 bridgehead atoms. The van der Waals surface area contributed by atoms with Gasteiger partial charge in [-0.25, -0.2) is 9.78 Å². The van der Waals surface area contributed by atoms with Crippen LogP contribution in [0, 0.1) is 0 Å². The van der Waals surface area contributed by atoms with Crippen molar-refractivity contribution in [2.75, 3.05) is 25.6 Å². The molecule has 1 atom stereocenters. The summed E-state index contributed by atoms with van der Waals surface area (Å²) in [5.74, 6) is 0.245. The second-order valence-electron chi connectivity index (χ2n) is 10.4. The fraction of sp³-hybridized carbons (Fsp3) is 0.235. The molecule has 3 heterocycles. The van der Waals surface area contributed by atoms with E-state index in [9.17, 15) is 4.79 Å². The molecule has 1 aliphatic rings. The minimum Gasteiger partial charge on any atom is -0.493 e. The van der Waals surface area contributed by atoms with E-state index in [1.807, 2.05) is 73.6 Å². The van der Waals surface area contributed by atoms with Crippen LogP contribution in [-0.2, 0) is 17.4 Å². The summed E-state index contributed by atoms with van der Waals surface area (Å²) in [6.07, 6.45) is 3.57. The molecule has 0 aliphatic carbocycles. The molecule has 202 valence electrons. The standard InChI is InChI=1S/C34H33N3O3/c1-5-6-21-39-29-22-24(36(2)3)18-19-26(29)34(27-16-12-20-35-31(27)33(38)40-34)30-25-15-10-11-17-28(25)37(4)32(30)23-13-8-7-9-14-23/h7-20,22H,5-6,21H2,1-4H3. The molecule has 0 N–H and O–H groups in total. The number of rotatable bonds is 8. The molecule has 0 saturated carbocycles. The van der Waals surface area contributed by atoms with Gasteiger partial charge in [0, 0.05) is 66.7 Å². The van der Waals surface area contributed by atoms with Crippen LogP contribution in [0.15, 0.2) is 91.1 Å². The van der Waals surface area contributed by atoms with Crippen LogP contribution < -0.4 is 9.64 Å². The molecule has 0 amide bonds. The number of unbranched alkanes of at least 4 members (excludes halogenated alkanes) is 1. The first kappa shape index (κ1) is 25.7. The normalized spacial score (nSPS) is 16.1. The Morgan fingerprint density at radius 3 is 2.50 bits per heavy atom. The lowest BCUT2D eigenvalue weighted by atomic mass is 9.78. The Labute approximate surface area is 234 Å². The number of pyridine rings is 1. The quantitative estimate of drug-likeness (QED) is 0.160. The SMILES string of the molecule is CCCCOc1cc(N(C)C)ccc1C1(c2c(-c3ccccc3)n(C)c3ccccc23)OC(=O)c2ncccc21. The number of cyclic esters (lactones) is 1. The van der Waals surface area contributed by atoms with Crippen molar-refractivity contribution in [3.63, 3.8) is 0 Å². The number of aromatic nitrogens is 2. The molecule has 6 rings (SSSR count). The second kappa shape index (κ2) is 10.2. The van der Waals surface area contributed by atoms with Crippen LogP contribution >= 0.6 is 0 Å². The van der Waals surface area contributed by atoms with E-state index in [-0.39, 0.29) is 0 Å². The van der Waals surface area contributed by atoms with E-state index in [0.717, 1.165) is 51.8 Å². The van der Waals surface area contributed by atoms with Gasteiger partial charge in [0.15, 0.2) is 11.3 Å². The third kappa shape index (κ3) is 3.94. The van der Waals surface area contributed by atoms with E-state index in [1.165, 1.54) is 0 Å². The van der Waals surface area contributed by atoms with E-state index in [2.05, 4.69) is 53.9 Å². The Morgan fingerprint density at radius 1 is 0.950 bits per heavy atom. The summed E-state index contributed by atoms with van der Waals surface area (Å²) in [5.41, 5.74) is 5.49. The van der Waals surface area contributed by atoms with Gasteiger partial charge in [0.25, 0.3) is 0 Å². The molecule has 1 aliphatic heterocycles. The van der Waals surface area contributed by atoms with Gasteiger partial charge in [-0.2, -0.15) is 0 Å². The zero-order valence-electron chi connectivity index (χ0n) is 23.3. The fourth-order valence-corrected chi connectivity index (χ4v) is 5.82. The highest BCUT2D eigenvalue weighted by molar-refractivity contribution is 6.00. The van der Waals surface area contributed by atoms with E-state index in [0.29, 0.717) is 23.6 Å². The largest absolute Gasteiger partial charge is 0.493 e. The summed E-state index contributed by atoms with van der Waals surface area (Å²) < 4.78 is 15.3. The zero-order chi connectivity index (χ0) is 27.9. The highest BCUT2D eigenvalue weighted by Crippen LogP contribution is 2.54. The number of carbonyl (C=O) groups is 1. The number of aryl methyl sites for hydroxylation is 1. The monoisotopic (exact) mass is 531 g/mol. The van der Waals surface area contributed by atoms with Gasteiger partial charge in [-0.3, -0.25) is 0 Å². The van der Waals surface area contributed by atoms with E-state index in [4.69, 9.17) is 9.47 Å². The number of benzene rings is 3. The number of ether oxygens (including phenoxy) is 2. The summed E-state index contributed by atoms with van der Waals surface area (Å²) in [6.45, 7) is 2.70. The molecule has 3 aromatic carbocycles. The summed E-state index contributed by atoms with van der Waals surface area (Å²) in [7, 11) is 6.08. The molecule has 2 aromatic heterocycles. The maximum absolute atomic E-state index is 13.6. The van der Waals surface area contributed by atoms with Crippen LogP contribution in [0.1, 0.15) is 46.9 Å². The Bertz CT molecular complexity index is 1710. The van der Waals surface area contributed by atoms with Gasteiger partial charge in [0.1, 0.15) is 5.75 Å². The number of hydrogen-bond acceptors (Lipinski definition) is 5. The van der Waals surface area contributed by atoms with Crippen molar-refractivity contribution in [3.8, 4) is 17.0 Å². The lowest BCUT2D eigenvalue weighted by Crippen LogP contribution is -2.31. The van der Waals surface area contributed by atoms with Crippen LogP contribution in [0.3, 0.4) is 0 Å². The van der Waals surface area contributed by atoms with Crippen molar-refractivity contribution in [3.05, 3.63) is 114 Å². The highest BCUT2D eigenvalue weighted by atomic mass is 16.6. The number of esters is 1. The van der Waals surface area contributed by atoms with Crippen molar-refractivity contribution in [2.24, 2.45) is 7.05 Å². The molecular weight excluding hydrogens is 498 g/mol. The van der Waals surface area contributed by atoms with E-state index < -0.39 is 11.6 Å². The Kier molecular flexibility index (Phi) is 6.54. The first-order chi connectivity index (χ1) is 19.5. The molecule has 0 spiro atoms. The summed E-state index contributed by atoms with van der Waals surface area (Å²) in [6, 6.07) is 28.5. The highest BCUT2D eigenvalue weighted by Gasteiger charge is 2.53. The molecule has 0 saturated heterocycles. The third-order valence-electron chi connectivity index (χ3n) is 7.75. The summed E-state index contributed by atoms with van der Waals surface area (Å²) >= 11 is 0. The summed E-state index contributed by atoms with van der Waals surface area (Å²) in [4.78, 5) is 20.2. The van der Waals surface area contributed by atoms with Crippen LogP contribution in [0.4, 0.5) is 5.69 Å². The molecule has 6 heteroatoms. The van der Waals surface area contributed by atoms with Crippen LogP contribution in [0.5, 0.6) is 5.75 Å². The zero-order valence-corrected chi connectivity index (χ0v) is 23.3. The fourth-order valence-electron chi connectivity index (χ4n) is 5.82. The molecule has 6 nitrogen and oxygen atoms in total. The first-order valence-electron chi connectivity index (χ1n) is 13.7. The Morgan fingerprint density at radius 2 is 1.73 bits per heavy atom. The smallest absolute Gasteiger partial charge is 0.358 e. The topological polar surface area (TPSA) is 56.6 Å². The third-order valence-corrected chi connectivity index (χ3v) is 7.75. The van der Waals surface area contributed by atoms with Gasteiger partial charge in [-0.05, 0) is 36.2 Å². The Balaban J connectivity index is 1.76. The lowest BCUT2D eigenvalue weighted by Gasteiger charge is -2.33. The molecular formula is C34H33N3O3. The predicted octanol–water partition coefficient (Wildman–Crippen LogP) is 6.95. The van der Waals surface area contributed by atoms with E-state index in [1.54, 1.807) is 6.20 Å². The molecule has 5 aromatic rings. The molecule has 0 fully saturated rings. The van der Waals surface area contributed by atoms with Gasteiger partial charge in [0.05, 0.1) is 12.3 Å². The van der Waals surface area contributed by atoms with Gasteiger partial charge in [-0.1, -0.05) is 67.9 Å². The van der Waals surface area contributed by atoms with Crippen molar-refractivity contribution in [2.45, 2.75) is 25.4 Å². The van der Waals surface area contributed by atoms with Crippen LogP contribution in [0.2, 0.25) is 0 Å². The summed E-state index contributed by atoms with van der Waals surface area (Å²) in [5, 5.41) is 1.00. The average Bonchev–Trinajstić information content (AvgIpc) is 3.45. The molecule has 40 heavy (non-hydrogen) atoms. The second-order valence-corrected chi connectivity index (χ2v) is 10.4. The van der Waals surface area contributed by atoms with Crippen LogP contribution in [0.25, 0.3) is 22.2 Å². The van der Waals surface area contributed by atoms with Crippen LogP contribution in [-0.4, -0.2) is 36.2 Å². The maximum Gasteiger partial charge on any atom is 0.358 e. The van der Waals surface area contributed by atoms with Crippen molar-refractivity contribution in [1.29, 1.82) is 0 Å². The van der Waals surface area contributed by atoms with Gasteiger partial charge in [-0.15, -0.1) is 0 Å². The molecule has 1 unspecified atom stereocenters. The van der Waals surface area contributed by atoms with Crippen molar-refractivity contribution in [1.82, 2.24) is 9.55 Å². The number of para-hydroxylation sites is 1. The first-order valence-corrected chi connectivity index (χ1v) is 13.7. The Hall–Kier alpha value is -4.58. The minimum absolute atomic E-state index is 0.325. The minimum atomic E-state index is -1.28. The maximum atomic E-state index is 13.6. The van der Waals surface area contributed by atoms with E-state index >= 15 is 0 Å². The number of hydrogen-bond donors (Lipinski definition) is 0.